The number of esters is 1. The number of ether oxygens (including phenoxy) is 1. The van der Waals surface area contributed by atoms with Gasteiger partial charge in [-0.1, -0.05) is 78.9 Å². The summed E-state index contributed by atoms with van der Waals surface area (Å²) in [5.41, 5.74) is 2.46. The summed E-state index contributed by atoms with van der Waals surface area (Å²) in [5, 5.41) is 2.12. The minimum absolute atomic E-state index is 0.353. The van der Waals surface area contributed by atoms with Crippen molar-refractivity contribution in [1.29, 1.82) is 0 Å². The summed E-state index contributed by atoms with van der Waals surface area (Å²) in [4.78, 5) is 12.6. The van der Waals surface area contributed by atoms with E-state index in [1.165, 1.54) is 0 Å². The first-order valence-corrected chi connectivity index (χ1v) is 8.17. The van der Waals surface area contributed by atoms with Crippen molar-refractivity contribution in [3.8, 4) is 16.9 Å². The smallest absolute Gasteiger partial charge is 0.343 e. The number of carbonyl (C=O) groups is 1. The average molecular weight is 324 g/mol. The zero-order valence-corrected chi connectivity index (χ0v) is 13.6. The monoisotopic (exact) mass is 324 g/mol. The van der Waals surface area contributed by atoms with Gasteiger partial charge in [0.1, 0.15) is 5.75 Å². The van der Waals surface area contributed by atoms with Crippen molar-refractivity contribution in [2.45, 2.75) is 0 Å². The molecule has 2 nitrogen and oxygen atoms in total. The summed E-state index contributed by atoms with van der Waals surface area (Å²) < 4.78 is 5.70. The van der Waals surface area contributed by atoms with E-state index >= 15 is 0 Å². The molecule has 0 heterocycles. The summed E-state index contributed by atoms with van der Waals surface area (Å²) >= 11 is 0. The normalized spacial score (nSPS) is 10.6. The van der Waals surface area contributed by atoms with Crippen LogP contribution < -0.4 is 4.74 Å². The van der Waals surface area contributed by atoms with Gasteiger partial charge in [-0.05, 0) is 34.5 Å². The Morgan fingerprint density at radius 3 is 2.16 bits per heavy atom. The average Bonchev–Trinajstić information content (AvgIpc) is 2.68. The molecule has 0 atom stereocenters. The molecule has 0 aromatic heterocycles. The van der Waals surface area contributed by atoms with Crippen molar-refractivity contribution in [2.75, 3.05) is 0 Å². The maximum Gasteiger partial charge on any atom is 0.343 e. The standard InChI is InChI=1S/C23H16O2/c24-23(20-15-14-17-8-4-5-11-19(17)16-20)25-22-13-7-6-12-21(22)18-9-2-1-3-10-18/h1-16H. The molecule has 0 amide bonds. The number of hydrogen-bond donors (Lipinski definition) is 0. The molecule has 0 saturated carbocycles. The van der Waals surface area contributed by atoms with E-state index in [9.17, 15) is 4.79 Å². The third-order valence-electron chi connectivity index (χ3n) is 4.16. The van der Waals surface area contributed by atoms with Crippen LogP contribution in [-0.4, -0.2) is 5.97 Å². The second-order valence-electron chi connectivity index (χ2n) is 5.81. The van der Waals surface area contributed by atoms with Crippen LogP contribution in [-0.2, 0) is 0 Å². The van der Waals surface area contributed by atoms with E-state index in [-0.39, 0.29) is 5.97 Å². The summed E-state index contributed by atoms with van der Waals surface area (Å²) in [7, 11) is 0. The quantitative estimate of drug-likeness (QED) is 0.355. The van der Waals surface area contributed by atoms with E-state index in [1.54, 1.807) is 6.07 Å². The topological polar surface area (TPSA) is 26.3 Å². The predicted octanol–water partition coefficient (Wildman–Crippen LogP) is 5.73. The number of carbonyl (C=O) groups excluding carboxylic acids is 1. The predicted molar refractivity (Wildman–Crippen MR) is 101 cm³/mol. The first kappa shape index (κ1) is 15.2. The van der Waals surface area contributed by atoms with Gasteiger partial charge in [0.25, 0.3) is 0 Å². The first-order chi connectivity index (χ1) is 12.3. The molecule has 0 aliphatic carbocycles. The van der Waals surface area contributed by atoms with Crippen molar-refractivity contribution in [3.05, 3.63) is 103 Å². The van der Waals surface area contributed by atoms with Crippen LogP contribution in [0.2, 0.25) is 0 Å². The lowest BCUT2D eigenvalue weighted by atomic mass is 10.0. The van der Waals surface area contributed by atoms with Crippen LogP contribution in [0.4, 0.5) is 0 Å². The van der Waals surface area contributed by atoms with Gasteiger partial charge in [-0.3, -0.25) is 0 Å². The van der Waals surface area contributed by atoms with E-state index in [0.717, 1.165) is 21.9 Å². The van der Waals surface area contributed by atoms with Crippen LogP contribution in [0.5, 0.6) is 5.75 Å². The molecule has 0 N–H and O–H groups in total. The van der Waals surface area contributed by atoms with Gasteiger partial charge in [0.05, 0.1) is 5.56 Å². The van der Waals surface area contributed by atoms with E-state index in [0.29, 0.717) is 11.3 Å². The van der Waals surface area contributed by atoms with Crippen molar-refractivity contribution < 1.29 is 9.53 Å². The lowest BCUT2D eigenvalue weighted by molar-refractivity contribution is 0.0736. The number of fused-ring (bicyclic) bond motifs is 1. The fourth-order valence-corrected chi connectivity index (χ4v) is 2.89. The molecule has 0 aliphatic rings. The van der Waals surface area contributed by atoms with Crippen LogP contribution in [0.1, 0.15) is 10.4 Å². The highest BCUT2D eigenvalue weighted by molar-refractivity contribution is 5.97. The molecule has 25 heavy (non-hydrogen) atoms. The molecule has 4 rings (SSSR count). The summed E-state index contributed by atoms with van der Waals surface area (Å²) in [6.07, 6.45) is 0. The van der Waals surface area contributed by atoms with Gasteiger partial charge in [0.2, 0.25) is 0 Å². The van der Waals surface area contributed by atoms with Crippen LogP contribution in [0.25, 0.3) is 21.9 Å². The summed E-state index contributed by atoms with van der Waals surface area (Å²) in [6.45, 7) is 0. The van der Waals surface area contributed by atoms with Gasteiger partial charge in [0, 0.05) is 5.56 Å². The van der Waals surface area contributed by atoms with Crippen LogP contribution >= 0.6 is 0 Å². The highest BCUT2D eigenvalue weighted by Gasteiger charge is 2.13. The van der Waals surface area contributed by atoms with Crippen LogP contribution in [0.15, 0.2) is 97.1 Å². The van der Waals surface area contributed by atoms with Crippen molar-refractivity contribution in [2.24, 2.45) is 0 Å². The van der Waals surface area contributed by atoms with Crippen molar-refractivity contribution >= 4 is 16.7 Å². The lowest BCUT2D eigenvalue weighted by Crippen LogP contribution is -2.09. The van der Waals surface area contributed by atoms with Gasteiger partial charge >= 0.3 is 5.97 Å². The molecular formula is C23H16O2. The fourth-order valence-electron chi connectivity index (χ4n) is 2.89. The van der Waals surface area contributed by atoms with Gasteiger partial charge in [-0.25, -0.2) is 4.79 Å². The van der Waals surface area contributed by atoms with Crippen LogP contribution in [0.3, 0.4) is 0 Å². The maximum atomic E-state index is 12.6. The van der Waals surface area contributed by atoms with Crippen LogP contribution in [0, 0.1) is 0 Å². The molecule has 0 saturated heterocycles. The molecule has 0 aliphatic heterocycles. The fraction of sp³-hybridized carbons (Fsp3) is 0. The van der Waals surface area contributed by atoms with Gasteiger partial charge in [-0.15, -0.1) is 0 Å². The molecule has 0 radical (unpaired) electrons. The third-order valence-corrected chi connectivity index (χ3v) is 4.16. The molecular weight excluding hydrogens is 308 g/mol. The van der Waals surface area contributed by atoms with Gasteiger partial charge in [0.15, 0.2) is 0 Å². The van der Waals surface area contributed by atoms with Crippen molar-refractivity contribution in [3.63, 3.8) is 0 Å². The Bertz CT molecular complexity index is 1040. The Kier molecular flexibility index (Phi) is 4.01. The van der Waals surface area contributed by atoms with E-state index < -0.39 is 0 Å². The minimum atomic E-state index is -0.353. The summed E-state index contributed by atoms with van der Waals surface area (Å²) in [6, 6.07) is 31.1. The first-order valence-electron chi connectivity index (χ1n) is 8.17. The second-order valence-corrected chi connectivity index (χ2v) is 5.81. The molecule has 0 fully saturated rings. The molecule has 4 aromatic rings. The van der Waals surface area contributed by atoms with Gasteiger partial charge in [-0.2, -0.15) is 0 Å². The molecule has 120 valence electrons. The number of rotatable bonds is 3. The molecule has 0 unspecified atom stereocenters. The van der Waals surface area contributed by atoms with Gasteiger partial charge < -0.3 is 4.74 Å². The Morgan fingerprint density at radius 1 is 0.640 bits per heavy atom. The van der Waals surface area contributed by atoms with Crippen molar-refractivity contribution in [1.82, 2.24) is 0 Å². The Hall–Kier alpha value is -3.39. The SMILES string of the molecule is O=C(Oc1ccccc1-c1ccccc1)c1ccc2ccccc2c1. The lowest BCUT2D eigenvalue weighted by Gasteiger charge is -2.10. The second kappa shape index (κ2) is 6.62. The largest absolute Gasteiger partial charge is 0.422 e. The Morgan fingerprint density at radius 2 is 1.32 bits per heavy atom. The molecule has 0 spiro atoms. The van der Waals surface area contributed by atoms with E-state index in [1.807, 2.05) is 91.0 Å². The Labute approximate surface area is 146 Å². The highest BCUT2D eigenvalue weighted by Crippen LogP contribution is 2.30. The maximum absolute atomic E-state index is 12.6. The highest BCUT2D eigenvalue weighted by atomic mass is 16.5. The Balaban J connectivity index is 1.67. The number of hydrogen-bond acceptors (Lipinski definition) is 2. The zero-order valence-electron chi connectivity index (χ0n) is 13.6. The van der Waals surface area contributed by atoms with E-state index in [2.05, 4.69) is 0 Å². The zero-order chi connectivity index (χ0) is 17.1. The van der Waals surface area contributed by atoms with E-state index in [4.69, 9.17) is 4.74 Å². The molecule has 2 heteroatoms. The number of benzene rings is 4. The third kappa shape index (κ3) is 3.15. The summed E-state index contributed by atoms with van der Waals surface area (Å²) in [5.74, 6) is 0.209. The molecule has 0 bridgehead atoms. The minimum Gasteiger partial charge on any atom is -0.422 e. The molecule has 4 aromatic carbocycles. The number of para-hydroxylation sites is 1.